The number of hydrogen-bond acceptors (Lipinski definition) is 0. The standard InChI is InChI=1S/2C16H19.C6H10.2ClH.Zr/c2*1-2-6-13(7-3-1)12-15-11-10-14-8-4-5-9-16(14)15;1-2-4-6-5-3-1;;;/h2*4-5,8-11,13H,1-3,6-7,12H2;1-5H2;2*1H;/q;;;;;+2/p-2. The number of halogens is 2. The third kappa shape index (κ3) is 5.31. The van der Waals surface area contributed by atoms with Gasteiger partial charge < -0.3 is 0 Å². The van der Waals surface area contributed by atoms with Gasteiger partial charge in [-0.3, -0.25) is 0 Å². The molecule has 2 atom stereocenters. The van der Waals surface area contributed by atoms with Gasteiger partial charge in [-0.2, -0.15) is 0 Å². The van der Waals surface area contributed by atoms with E-state index in [9.17, 15) is 0 Å². The van der Waals surface area contributed by atoms with E-state index >= 15 is 0 Å². The molecular weight excluding hydrogens is 619 g/mol. The molecule has 0 nitrogen and oxygen atoms in total. The molecule has 0 bridgehead atoms. The van der Waals surface area contributed by atoms with E-state index < -0.39 is 15.9 Å². The van der Waals surface area contributed by atoms with Crippen LogP contribution in [0, 0.1) is 11.8 Å². The van der Waals surface area contributed by atoms with Crippen LogP contribution in [0.4, 0.5) is 0 Å². The number of hydrogen-bond donors (Lipinski definition) is 0. The maximum atomic E-state index is 8.61. The summed E-state index contributed by atoms with van der Waals surface area (Å²) >= 11 is -4.78. The van der Waals surface area contributed by atoms with Gasteiger partial charge in [0.05, 0.1) is 0 Å². The van der Waals surface area contributed by atoms with Gasteiger partial charge in [0.2, 0.25) is 0 Å². The Morgan fingerprint density at radius 1 is 0.537 bits per heavy atom. The van der Waals surface area contributed by atoms with Crippen LogP contribution in [0.15, 0.2) is 60.7 Å². The minimum absolute atomic E-state index is 0.172. The van der Waals surface area contributed by atoms with Crippen LogP contribution >= 0.6 is 17.0 Å². The second-order valence-corrected chi connectivity index (χ2v) is 35.5. The van der Waals surface area contributed by atoms with Crippen molar-refractivity contribution in [3.05, 3.63) is 82.9 Å². The first-order valence-electron chi connectivity index (χ1n) is 17.0. The van der Waals surface area contributed by atoms with Gasteiger partial charge in [-0.15, -0.1) is 0 Å². The van der Waals surface area contributed by atoms with Crippen molar-refractivity contribution in [1.29, 1.82) is 0 Å². The van der Waals surface area contributed by atoms with E-state index in [-0.39, 0.29) is 7.25 Å². The van der Waals surface area contributed by atoms with Gasteiger partial charge in [0.15, 0.2) is 0 Å². The molecule has 0 aromatic heterocycles. The summed E-state index contributed by atoms with van der Waals surface area (Å²) in [5.74, 6) is 1.62. The summed E-state index contributed by atoms with van der Waals surface area (Å²) in [5.41, 5.74) is 8.90. The van der Waals surface area contributed by atoms with E-state index in [2.05, 4.69) is 60.7 Å². The van der Waals surface area contributed by atoms with Gasteiger partial charge >= 0.3 is 258 Å². The average Bonchev–Trinajstić information content (AvgIpc) is 3.59. The van der Waals surface area contributed by atoms with E-state index in [0.29, 0.717) is 0 Å². The quantitative estimate of drug-likeness (QED) is 0.288. The molecule has 5 aliphatic carbocycles. The predicted molar refractivity (Wildman–Crippen MR) is 177 cm³/mol. The molecule has 0 heterocycles. The molecule has 0 radical (unpaired) electrons. The van der Waals surface area contributed by atoms with Crippen LogP contribution in [0.3, 0.4) is 0 Å². The predicted octanol–water partition coefficient (Wildman–Crippen LogP) is 12.3. The Morgan fingerprint density at radius 3 is 1.41 bits per heavy atom. The van der Waals surface area contributed by atoms with E-state index in [1.54, 1.807) is 14.4 Å². The first-order valence-corrected chi connectivity index (χ1v) is 27.4. The van der Waals surface area contributed by atoms with Crippen molar-refractivity contribution < 1.29 is 15.9 Å². The molecule has 0 amide bonds. The fourth-order valence-corrected chi connectivity index (χ4v) is 29.0. The molecule has 218 valence electrons. The van der Waals surface area contributed by atoms with Crippen molar-refractivity contribution in [3.8, 4) is 0 Å². The average molecular weight is 667 g/mol. The van der Waals surface area contributed by atoms with Crippen LogP contribution in [0.2, 0.25) is 0 Å². The molecular formula is C38H48Cl2Zr. The van der Waals surface area contributed by atoms with Gasteiger partial charge in [0.1, 0.15) is 0 Å². The Labute approximate surface area is 256 Å². The van der Waals surface area contributed by atoms with E-state index in [0.717, 1.165) is 24.7 Å². The Hall–Kier alpha value is -0.747. The maximum absolute atomic E-state index is 8.61. The summed E-state index contributed by atoms with van der Waals surface area (Å²) in [6, 6.07) is 18.5. The SMILES string of the molecule is [Cl][Zr]([Cl])(=[C]1CCCCC1)([CH]1C=C(CC2CCCCC2)c2ccccc21)[CH]1C=C(CC2CCCCC2)c2ccccc21. The summed E-state index contributed by atoms with van der Waals surface area (Å²) in [6.07, 6.45) is 27.7. The van der Waals surface area contributed by atoms with E-state index in [4.69, 9.17) is 17.0 Å². The first kappa shape index (κ1) is 29.0. The monoisotopic (exact) mass is 664 g/mol. The molecule has 2 unspecified atom stereocenters. The van der Waals surface area contributed by atoms with E-state index in [1.807, 2.05) is 0 Å². The van der Waals surface area contributed by atoms with Crippen molar-refractivity contribution in [2.45, 2.75) is 116 Å². The Bertz CT molecular complexity index is 1310. The summed E-state index contributed by atoms with van der Waals surface area (Å²) in [4.78, 5) is 0. The molecule has 2 aromatic rings. The van der Waals surface area contributed by atoms with Crippen LogP contribution in [-0.4, -0.2) is 3.21 Å². The molecule has 3 saturated carbocycles. The number of allylic oxidation sites excluding steroid dienone is 4. The zero-order valence-corrected chi connectivity index (χ0v) is 28.8. The van der Waals surface area contributed by atoms with E-state index in [1.165, 1.54) is 119 Å². The van der Waals surface area contributed by atoms with Crippen LogP contribution in [0.1, 0.15) is 139 Å². The number of fused-ring (bicyclic) bond motifs is 2. The molecule has 5 aliphatic rings. The summed E-state index contributed by atoms with van der Waals surface area (Å²) in [5, 5.41) is 0. The Morgan fingerprint density at radius 2 is 0.951 bits per heavy atom. The van der Waals surface area contributed by atoms with Crippen LogP contribution < -0.4 is 0 Å². The summed E-state index contributed by atoms with van der Waals surface area (Å²) in [6.45, 7) is 0. The van der Waals surface area contributed by atoms with Crippen molar-refractivity contribution in [2.24, 2.45) is 11.8 Å². The van der Waals surface area contributed by atoms with Crippen molar-refractivity contribution in [3.63, 3.8) is 0 Å². The zero-order chi connectivity index (χ0) is 27.9. The summed E-state index contributed by atoms with van der Waals surface area (Å²) in [7, 11) is 17.2. The Kier molecular flexibility index (Phi) is 8.47. The molecule has 0 N–H and O–H groups in total. The van der Waals surface area contributed by atoms with Gasteiger partial charge in [-0.05, 0) is 0 Å². The van der Waals surface area contributed by atoms with Crippen LogP contribution in [0.5, 0.6) is 0 Å². The van der Waals surface area contributed by atoms with Crippen molar-refractivity contribution >= 4 is 31.4 Å². The van der Waals surface area contributed by atoms with Crippen molar-refractivity contribution in [2.75, 3.05) is 0 Å². The van der Waals surface area contributed by atoms with Crippen LogP contribution in [0.25, 0.3) is 11.1 Å². The third-order valence-corrected chi connectivity index (χ3v) is 33.0. The molecule has 0 saturated heterocycles. The third-order valence-electron chi connectivity index (χ3n) is 11.8. The van der Waals surface area contributed by atoms with Gasteiger partial charge in [-0.1, -0.05) is 0 Å². The van der Waals surface area contributed by atoms with Gasteiger partial charge in [0.25, 0.3) is 0 Å². The number of benzene rings is 2. The fourth-order valence-electron chi connectivity index (χ4n) is 9.61. The second kappa shape index (κ2) is 12.0. The second-order valence-electron chi connectivity index (χ2n) is 14.2. The van der Waals surface area contributed by atoms with Gasteiger partial charge in [-0.25, -0.2) is 0 Å². The van der Waals surface area contributed by atoms with Gasteiger partial charge in [0, 0.05) is 0 Å². The molecule has 2 aromatic carbocycles. The molecule has 7 rings (SSSR count). The molecule has 0 spiro atoms. The van der Waals surface area contributed by atoms with Crippen molar-refractivity contribution in [1.82, 2.24) is 0 Å². The van der Waals surface area contributed by atoms with Crippen LogP contribution in [-0.2, 0) is 15.9 Å². The molecule has 3 heteroatoms. The Balaban J connectivity index is 1.37. The fraction of sp³-hybridized carbons (Fsp3) is 0.553. The molecule has 0 aliphatic heterocycles. The molecule has 3 fully saturated rings. The first-order chi connectivity index (χ1) is 20.0. The zero-order valence-electron chi connectivity index (χ0n) is 24.9. The summed E-state index contributed by atoms with van der Waals surface area (Å²) < 4.78 is 1.93. The normalized spacial score (nSPS) is 26.0. The molecule has 41 heavy (non-hydrogen) atoms. The minimum atomic E-state index is -4.78. The topological polar surface area (TPSA) is 0 Å². The number of rotatable bonds is 6.